The van der Waals surface area contributed by atoms with E-state index in [0.717, 1.165) is 16.6 Å². The van der Waals surface area contributed by atoms with Crippen LogP contribution < -0.4 is 16.1 Å². The van der Waals surface area contributed by atoms with Gasteiger partial charge in [0.25, 0.3) is 5.56 Å². The molecule has 0 saturated carbocycles. The fourth-order valence-corrected chi connectivity index (χ4v) is 3.49. The number of H-pyrrole nitrogens is 1. The Hall–Kier alpha value is -2.63. The Bertz CT molecular complexity index is 910. The van der Waals surface area contributed by atoms with Gasteiger partial charge in [-0.25, -0.2) is 4.79 Å². The van der Waals surface area contributed by atoms with Crippen molar-refractivity contribution in [3.8, 4) is 0 Å². The third-order valence-corrected chi connectivity index (χ3v) is 4.64. The highest BCUT2D eigenvalue weighted by Crippen LogP contribution is 2.39. The number of rotatable bonds is 0. The molecule has 0 bridgehead atoms. The first-order valence-electron chi connectivity index (χ1n) is 7.29. The van der Waals surface area contributed by atoms with Crippen molar-refractivity contribution < 1.29 is 4.79 Å². The van der Waals surface area contributed by atoms with Gasteiger partial charge in [-0.3, -0.25) is 19.1 Å². The Morgan fingerprint density at radius 3 is 2.77 bits per heavy atom. The van der Waals surface area contributed by atoms with Gasteiger partial charge in [0.2, 0.25) is 0 Å². The molecule has 4 rings (SSSR count). The molecule has 1 aromatic heterocycles. The molecule has 112 valence electrons. The number of aromatic nitrogens is 2. The number of nitrogens with zero attached hydrogens (tertiary/aromatic N) is 2. The van der Waals surface area contributed by atoms with Gasteiger partial charge < -0.3 is 4.90 Å². The van der Waals surface area contributed by atoms with Crippen molar-refractivity contribution in [2.45, 2.75) is 18.9 Å². The van der Waals surface area contributed by atoms with Crippen molar-refractivity contribution in [1.82, 2.24) is 9.55 Å². The third-order valence-electron chi connectivity index (χ3n) is 4.64. The SMILES string of the molecule is Cn1c(=O)[nH]c2c(c1=O)C(=O)CC1c3ccccc3CCN21. The molecule has 0 radical (unpaired) electrons. The summed E-state index contributed by atoms with van der Waals surface area (Å²) in [5.41, 5.74) is 1.44. The minimum absolute atomic E-state index is 0.104. The molecule has 6 heteroatoms. The Morgan fingerprint density at radius 2 is 1.95 bits per heavy atom. The summed E-state index contributed by atoms with van der Waals surface area (Å²) in [4.78, 5) is 41.3. The van der Waals surface area contributed by atoms with Crippen LogP contribution in [0.3, 0.4) is 0 Å². The highest BCUT2D eigenvalue weighted by Gasteiger charge is 2.38. The van der Waals surface area contributed by atoms with E-state index in [2.05, 4.69) is 11.1 Å². The molecule has 1 aromatic carbocycles. The molecular weight excluding hydrogens is 282 g/mol. The minimum Gasteiger partial charge on any atom is -0.349 e. The molecule has 0 amide bonds. The summed E-state index contributed by atoms with van der Waals surface area (Å²) in [6, 6.07) is 7.93. The maximum atomic E-state index is 12.5. The number of hydrogen-bond donors (Lipinski definition) is 1. The maximum Gasteiger partial charge on any atom is 0.329 e. The standard InChI is InChI=1S/C16H15N3O3/c1-18-15(21)13-12(20)8-11-10-5-3-2-4-9(10)6-7-19(11)14(13)17-16(18)22/h2-5,11H,6-8H2,1H3,(H,17,22). The van der Waals surface area contributed by atoms with Crippen LogP contribution in [0, 0.1) is 0 Å². The number of carbonyl (C=O) groups is 1. The van der Waals surface area contributed by atoms with Crippen molar-refractivity contribution in [2.75, 3.05) is 11.4 Å². The van der Waals surface area contributed by atoms with E-state index in [-0.39, 0.29) is 23.8 Å². The molecule has 0 aliphatic carbocycles. The van der Waals surface area contributed by atoms with Crippen LogP contribution >= 0.6 is 0 Å². The molecule has 22 heavy (non-hydrogen) atoms. The van der Waals surface area contributed by atoms with E-state index in [9.17, 15) is 14.4 Å². The molecule has 3 heterocycles. The fraction of sp³-hybridized carbons (Fsp3) is 0.312. The summed E-state index contributed by atoms with van der Waals surface area (Å²) in [7, 11) is 1.38. The molecule has 0 spiro atoms. The van der Waals surface area contributed by atoms with Gasteiger partial charge in [0.15, 0.2) is 5.78 Å². The number of nitrogens with one attached hydrogen (secondary N) is 1. The first-order valence-corrected chi connectivity index (χ1v) is 7.29. The molecule has 0 saturated heterocycles. The van der Waals surface area contributed by atoms with E-state index in [1.54, 1.807) is 0 Å². The molecule has 1 atom stereocenters. The van der Waals surface area contributed by atoms with E-state index in [1.165, 1.54) is 12.6 Å². The van der Waals surface area contributed by atoms with Crippen molar-refractivity contribution >= 4 is 11.6 Å². The van der Waals surface area contributed by atoms with Crippen molar-refractivity contribution in [3.05, 3.63) is 61.8 Å². The number of fused-ring (bicyclic) bond motifs is 5. The smallest absolute Gasteiger partial charge is 0.329 e. The molecule has 1 unspecified atom stereocenters. The van der Waals surface area contributed by atoms with Crippen molar-refractivity contribution in [1.29, 1.82) is 0 Å². The number of ketones is 1. The topological polar surface area (TPSA) is 75.2 Å². The molecule has 2 aliphatic rings. The zero-order valence-electron chi connectivity index (χ0n) is 12.1. The molecular formula is C16H15N3O3. The predicted molar refractivity (Wildman–Crippen MR) is 81.5 cm³/mol. The average molecular weight is 297 g/mol. The Labute approximate surface area is 126 Å². The lowest BCUT2D eigenvalue weighted by molar-refractivity contribution is 0.0961. The average Bonchev–Trinajstić information content (AvgIpc) is 2.52. The van der Waals surface area contributed by atoms with Gasteiger partial charge in [-0.05, 0) is 17.5 Å². The number of carbonyl (C=O) groups excluding carboxylic acids is 1. The van der Waals surface area contributed by atoms with E-state index >= 15 is 0 Å². The third kappa shape index (κ3) is 1.63. The quantitative estimate of drug-likeness (QED) is 0.779. The Kier molecular flexibility index (Phi) is 2.63. The largest absolute Gasteiger partial charge is 0.349 e. The molecule has 2 aromatic rings. The number of Topliss-reactive ketones (excluding diaryl/α,β-unsaturated/α-hetero) is 1. The van der Waals surface area contributed by atoms with E-state index < -0.39 is 11.2 Å². The summed E-state index contributed by atoms with van der Waals surface area (Å²) < 4.78 is 0.953. The second-order valence-corrected chi connectivity index (χ2v) is 5.80. The van der Waals surface area contributed by atoms with Crippen LogP contribution in [0.15, 0.2) is 33.9 Å². The van der Waals surface area contributed by atoms with Gasteiger partial charge in [0.05, 0.1) is 6.04 Å². The fourth-order valence-electron chi connectivity index (χ4n) is 3.49. The van der Waals surface area contributed by atoms with Crippen LogP contribution in [-0.2, 0) is 13.5 Å². The second-order valence-electron chi connectivity index (χ2n) is 5.80. The van der Waals surface area contributed by atoms with E-state index in [1.807, 2.05) is 23.1 Å². The van der Waals surface area contributed by atoms with Gasteiger partial charge >= 0.3 is 5.69 Å². The van der Waals surface area contributed by atoms with Crippen LogP contribution in [-0.4, -0.2) is 21.9 Å². The van der Waals surface area contributed by atoms with Crippen LogP contribution in [0.2, 0.25) is 0 Å². The second kappa shape index (κ2) is 4.43. The Morgan fingerprint density at radius 1 is 1.18 bits per heavy atom. The first-order chi connectivity index (χ1) is 10.6. The van der Waals surface area contributed by atoms with Crippen molar-refractivity contribution in [3.63, 3.8) is 0 Å². The lowest BCUT2D eigenvalue weighted by atomic mass is 9.86. The van der Waals surface area contributed by atoms with Crippen LogP contribution in [0.4, 0.5) is 5.82 Å². The zero-order valence-corrected chi connectivity index (χ0v) is 12.1. The number of aromatic amines is 1. The van der Waals surface area contributed by atoms with Gasteiger partial charge in [-0.15, -0.1) is 0 Å². The van der Waals surface area contributed by atoms with Gasteiger partial charge in [0, 0.05) is 20.0 Å². The first kappa shape index (κ1) is 13.1. The molecule has 0 fully saturated rings. The van der Waals surface area contributed by atoms with Gasteiger partial charge in [0.1, 0.15) is 11.4 Å². The summed E-state index contributed by atoms with van der Waals surface area (Å²) in [6.45, 7) is 0.686. The summed E-state index contributed by atoms with van der Waals surface area (Å²) in [5, 5.41) is 0. The minimum atomic E-state index is -0.513. The normalized spacial score (nSPS) is 19.4. The molecule has 6 nitrogen and oxygen atoms in total. The van der Waals surface area contributed by atoms with Crippen molar-refractivity contribution in [2.24, 2.45) is 7.05 Å². The number of anilines is 1. The van der Waals surface area contributed by atoms with Crippen LogP contribution in [0.5, 0.6) is 0 Å². The van der Waals surface area contributed by atoms with E-state index in [4.69, 9.17) is 0 Å². The maximum absolute atomic E-state index is 12.5. The summed E-state index contributed by atoms with van der Waals surface area (Å²) in [5.74, 6) is 0.175. The summed E-state index contributed by atoms with van der Waals surface area (Å²) in [6.07, 6.45) is 1.10. The van der Waals surface area contributed by atoms with Crippen LogP contribution in [0.25, 0.3) is 0 Å². The van der Waals surface area contributed by atoms with Gasteiger partial charge in [-0.1, -0.05) is 24.3 Å². The number of hydrogen-bond acceptors (Lipinski definition) is 4. The number of benzene rings is 1. The predicted octanol–water partition coefficient (Wildman–Crippen LogP) is 0.764. The Balaban J connectivity index is 1.96. The molecule has 1 N–H and O–H groups in total. The van der Waals surface area contributed by atoms with E-state index in [0.29, 0.717) is 12.4 Å². The zero-order chi connectivity index (χ0) is 15.4. The lowest BCUT2D eigenvalue weighted by Gasteiger charge is -2.41. The highest BCUT2D eigenvalue weighted by molar-refractivity contribution is 6.02. The highest BCUT2D eigenvalue weighted by atomic mass is 16.2. The molecule has 2 aliphatic heterocycles. The lowest BCUT2D eigenvalue weighted by Crippen LogP contribution is -2.47. The van der Waals surface area contributed by atoms with Gasteiger partial charge in [-0.2, -0.15) is 0 Å². The van der Waals surface area contributed by atoms with Crippen LogP contribution in [0.1, 0.15) is 33.9 Å². The monoisotopic (exact) mass is 297 g/mol. The summed E-state index contributed by atoms with van der Waals surface area (Å²) >= 11 is 0.